The molecule has 0 fully saturated rings. The van der Waals surface area contributed by atoms with Gasteiger partial charge in [-0.1, -0.05) is 36.4 Å². The maximum Gasteiger partial charge on any atom is 0.319 e. The molecule has 16 heavy (non-hydrogen) atoms. The molecule has 0 spiro atoms. The number of carbonyl (C=O) groups excluding carboxylic acids is 2. The van der Waals surface area contributed by atoms with E-state index in [0.717, 1.165) is 10.8 Å². The van der Waals surface area contributed by atoms with E-state index in [1.807, 2.05) is 30.3 Å². The molecule has 2 aromatic rings. The Morgan fingerprint density at radius 3 is 2.44 bits per heavy atom. The summed E-state index contributed by atoms with van der Waals surface area (Å²) >= 11 is 0. The minimum absolute atomic E-state index is 0.442. The van der Waals surface area contributed by atoms with Crippen molar-refractivity contribution in [3.8, 4) is 0 Å². The Morgan fingerprint density at radius 2 is 1.69 bits per heavy atom. The number of primary amides is 1. The van der Waals surface area contributed by atoms with Gasteiger partial charge in [0, 0.05) is 5.56 Å². The molecule has 2 aromatic carbocycles. The summed E-state index contributed by atoms with van der Waals surface area (Å²) in [4.78, 5) is 22.3. The molecule has 3 N–H and O–H groups in total. The summed E-state index contributed by atoms with van der Waals surface area (Å²) < 4.78 is 0. The number of nitrogens with one attached hydrogen (secondary N) is 1. The predicted octanol–water partition coefficient (Wildman–Crippen LogP) is 1.65. The Balaban J connectivity index is 2.52. The molecular formula is C12H10N2O2. The number of rotatable bonds is 1. The Morgan fingerprint density at radius 1 is 1.00 bits per heavy atom. The van der Waals surface area contributed by atoms with E-state index in [1.165, 1.54) is 0 Å². The van der Waals surface area contributed by atoms with Crippen molar-refractivity contribution in [1.82, 2.24) is 5.32 Å². The summed E-state index contributed by atoms with van der Waals surface area (Å²) in [6.07, 6.45) is 0. The number of benzene rings is 2. The van der Waals surface area contributed by atoms with Gasteiger partial charge in [0.15, 0.2) is 0 Å². The number of nitrogens with two attached hydrogens (primary N) is 1. The molecule has 2 rings (SSSR count). The van der Waals surface area contributed by atoms with Crippen LogP contribution in [0.4, 0.5) is 4.79 Å². The average Bonchev–Trinajstić information content (AvgIpc) is 2.27. The Bertz CT molecular complexity index is 558. The summed E-state index contributed by atoms with van der Waals surface area (Å²) in [5.41, 5.74) is 5.35. The van der Waals surface area contributed by atoms with Crippen LogP contribution in [0.15, 0.2) is 42.5 Å². The van der Waals surface area contributed by atoms with E-state index in [2.05, 4.69) is 5.32 Å². The second-order valence-electron chi connectivity index (χ2n) is 3.35. The first-order chi connectivity index (χ1) is 7.68. The molecule has 0 aliphatic carbocycles. The van der Waals surface area contributed by atoms with Gasteiger partial charge in [0.2, 0.25) is 0 Å². The lowest BCUT2D eigenvalue weighted by molar-refractivity contribution is 0.0968. The van der Waals surface area contributed by atoms with Crippen LogP contribution >= 0.6 is 0 Å². The lowest BCUT2D eigenvalue weighted by atomic mass is 10.0. The molecule has 0 heterocycles. The lowest BCUT2D eigenvalue weighted by Gasteiger charge is -2.05. The van der Waals surface area contributed by atoms with Crippen molar-refractivity contribution in [2.75, 3.05) is 0 Å². The third kappa shape index (κ3) is 1.86. The SMILES string of the molecule is NC(=O)NC(=O)c1cccc2ccccc12. The van der Waals surface area contributed by atoms with Crippen molar-refractivity contribution in [3.05, 3.63) is 48.0 Å². The summed E-state index contributed by atoms with van der Waals surface area (Å²) in [6.45, 7) is 0. The number of hydrogen-bond donors (Lipinski definition) is 2. The second-order valence-corrected chi connectivity index (χ2v) is 3.35. The molecule has 80 valence electrons. The zero-order chi connectivity index (χ0) is 11.5. The van der Waals surface area contributed by atoms with Crippen molar-refractivity contribution in [2.45, 2.75) is 0 Å². The van der Waals surface area contributed by atoms with Gasteiger partial charge in [0.25, 0.3) is 5.91 Å². The zero-order valence-corrected chi connectivity index (χ0v) is 8.44. The van der Waals surface area contributed by atoms with Crippen molar-refractivity contribution >= 4 is 22.7 Å². The van der Waals surface area contributed by atoms with Gasteiger partial charge in [0.1, 0.15) is 0 Å². The Kier molecular flexibility index (Phi) is 2.55. The van der Waals surface area contributed by atoms with Crippen LogP contribution in [0.5, 0.6) is 0 Å². The standard InChI is InChI=1S/C12H10N2O2/c13-12(16)14-11(15)10-7-3-5-8-4-1-2-6-9(8)10/h1-7H,(H3,13,14,15,16). The van der Waals surface area contributed by atoms with Gasteiger partial charge in [0.05, 0.1) is 0 Å². The van der Waals surface area contributed by atoms with Crippen LogP contribution in [-0.2, 0) is 0 Å². The number of carbonyl (C=O) groups is 2. The van der Waals surface area contributed by atoms with E-state index in [9.17, 15) is 9.59 Å². The lowest BCUT2D eigenvalue weighted by Crippen LogP contribution is -2.35. The van der Waals surface area contributed by atoms with Gasteiger partial charge < -0.3 is 5.73 Å². The Hall–Kier alpha value is -2.36. The van der Waals surface area contributed by atoms with Gasteiger partial charge in [-0.15, -0.1) is 0 Å². The second kappa shape index (κ2) is 4.02. The van der Waals surface area contributed by atoms with E-state index < -0.39 is 11.9 Å². The van der Waals surface area contributed by atoms with Crippen molar-refractivity contribution in [1.29, 1.82) is 0 Å². The molecule has 0 atom stereocenters. The minimum atomic E-state index is -0.849. The van der Waals surface area contributed by atoms with E-state index in [1.54, 1.807) is 12.1 Å². The zero-order valence-electron chi connectivity index (χ0n) is 8.44. The third-order valence-electron chi connectivity index (χ3n) is 2.27. The molecule has 4 nitrogen and oxygen atoms in total. The maximum absolute atomic E-state index is 11.7. The van der Waals surface area contributed by atoms with Crippen LogP contribution in [0.25, 0.3) is 10.8 Å². The average molecular weight is 214 g/mol. The summed E-state index contributed by atoms with van der Waals surface area (Å²) in [7, 11) is 0. The van der Waals surface area contributed by atoms with E-state index in [-0.39, 0.29) is 0 Å². The highest BCUT2D eigenvalue weighted by Gasteiger charge is 2.10. The highest BCUT2D eigenvalue weighted by atomic mass is 16.2. The van der Waals surface area contributed by atoms with Crippen LogP contribution in [0.1, 0.15) is 10.4 Å². The van der Waals surface area contributed by atoms with E-state index in [4.69, 9.17) is 5.73 Å². The van der Waals surface area contributed by atoms with Crippen LogP contribution in [0.3, 0.4) is 0 Å². The first kappa shape index (κ1) is 10.2. The van der Waals surface area contributed by atoms with Crippen LogP contribution in [0, 0.1) is 0 Å². The molecule has 0 radical (unpaired) electrons. The Labute approximate surface area is 92.1 Å². The number of urea groups is 1. The largest absolute Gasteiger partial charge is 0.351 e. The topological polar surface area (TPSA) is 72.2 Å². The third-order valence-corrected chi connectivity index (χ3v) is 2.27. The first-order valence-corrected chi connectivity index (χ1v) is 4.77. The molecule has 0 unspecified atom stereocenters. The highest BCUT2D eigenvalue weighted by Crippen LogP contribution is 2.18. The maximum atomic E-state index is 11.7. The smallest absolute Gasteiger partial charge is 0.319 e. The van der Waals surface area contributed by atoms with Gasteiger partial charge in [-0.2, -0.15) is 0 Å². The molecule has 0 aromatic heterocycles. The number of imide groups is 1. The molecule has 3 amide bonds. The molecular weight excluding hydrogens is 204 g/mol. The molecule has 0 aliphatic rings. The van der Waals surface area contributed by atoms with Crippen LogP contribution in [-0.4, -0.2) is 11.9 Å². The summed E-state index contributed by atoms with van der Waals surface area (Å²) in [5, 5.41) is 3.79. The number of amides is 3. The monoisotopic (exact) mass is 214 g/mol. The minimum Gasteiger partial charge on any atom is -0.351 e. The van der Waals surface area contributed by atoms with Gasteiger partial charge in [-0.3, -0.25) is 10.1 Å². The normalized spacial score (nSPS) is 10.0. The first-order valence-electron chi connectivity index (χ1n) is 4.77. The number of hydrogen-bond acceptors (Lipinski definition) is 2. The fourth-order valence-corrected chi connectivity index (χ4v) is 1.60. The van der Waals surface area contributed by atoms with Gasteiger partial charge in [-0.05, 0) is 16.8 Å². The van der Waals surface area contributed by atoms with Gasteiger partial charge >= 0.3 is 6.03 Å². The summed E-state index contributed by atoms with van der Waals surface area (Å²) in [6, 6.07) is 11.9. The molecule has 4 heteroatoms. The summed E-state index contributed by atoms with van der Waals surface area (Å²) in [5.74, 6) is -0.482. The van der Waals surface area contributed by atoms with Crippen molar-refractivity contribution in [3.63, 3.8) is 0 Å². The molecule has 0 saturated heterocycles. The van der Waals surface area contributed by atoms with Crippen molar-refractivity contribution in [2.24, 2.45) is 5.73 Å². The van der Waals surface area contributed by atoms with Crippen LogP contribution < -0.4 is 11.1 Å². The quantitative estimate of drug-likeness (QED) is 0.757. The van der Waals surface area contributed by atoms with Gasteiger partial charge in [-0.25, -0.2) is 4.79 Å². The molecule has 0 aliphatic heterocycles. The molecule has 0 saturated carbocycles. The predicted molar refractivity (Wildman–Crippen MR) is 61.0 cm³/mol. The van der Waals surface area contributed by atoms with Crippen molar-refractivity contribution < 1.29 is 9.59 Å². The van der Waals surface area contributed by atoms with E-state index >= 15 is 0 Å². The molecule has 0 bridgehead atoms. The highest BCUT2D eigenvalue weighted by molar-refractivity contribution is 6.11. The fraction of sp³-hybridized carbons (Fsp3) is 0. The number of fused-ring (bicyclic) bond motifs is 1. The van der Waals surface area contributed by atoms with E-state index in [0.29, 0.717) is 5.56 Å². The van der Waals surface area contributed by atoms with Crippen LogP contribution in [0.2, 0.25) is 0 Å². The fourth-order valence-electron chi connectivity index (χ4n) is 1.60.